The summed E-state index contributed by atoms with van der Waals surface area (Å²) in [6, 6.07) is -1.18. The molecule has 2 aliphatic rings. The van der Waals surface area contributed by atoms with Gasteiger partial charge < -0.3 is 20.2 Å². The maximum Gasteiger partial charge on any atom is 0.325 e. The largest absolute Gasteiger partial charge is 0.480 e. The summed E-state index contributed by atoms with van der Waals surface area (Å²) in [5.41, 5.74) is 0. The SMILES string of the molecule is CC(NC(=O)N1CCN2C(=O)CCC2C1)C(=O)O. The number of piperazine rings is 1. The fourth-order valence-corrected chi connectivity index (χ4v) is 2.39. The first-order valence-corrected chi connectivity index (χ1v) is 6.06. The van der Waals surface area contributed by atoms with E-state index in [1.165, 1.54) is 6.92 Å². The van der Waals surface area contributed by atoms with E-state index in [2.05, 4.69) is 5.32 Å². The molecule has 2 rings (SSSR count). The van der Waals surface area contributed by atoms with Gasteiger partial charge in [0.05, 0.1) is 0 Å². The van der Waals surface area contributed by atoms with Crippen LogP contribution in [-0.4, -0.2) is 64.5 Å². The Morgan fingerprint density at radius 2 is 2.17 bits per heavy atom. The Hall–Kier alpha value is -1.79. The van der Waals surface area contributed by atoms with Crippen molar-refractivity contribution < 1.29 is 19.5 Å². The third kappa shape index (κ3) is 2.39. The van der Waals surface area contributed by atoms with Gasteiger partial charge in [0.15, 0.2) is 0 Å². The van der Waals surface area contributed by atoms with Crippen LogP contribution in [0.2, 0.25) is 0 Å². The highest BCUT2D eigenvalue weighted by Crippen LogP contribution is 2.22. The molecule has 0 aliphatic carbocycles. The molecule has 7 heteroatoms. The number of aliphatic carboxylic acids is 1. The molecule has 0 spiro atoms. The fourth-order valence-electron chi connectivity index (χ4n) is 2.39. The summed E-state index contributed by atoms with van der Waals surface area (Å²) in [6.45, 7) is 2.91. The number of amides is 3. The van der Waals surface area contributed by atoms with Gasteiger partial charge in [0, 0.05) is 32.1 Å². The Morgan fingerprint density at radius 3 is 2.83 bits per heavy atom. The van der Waals surface area contributed by atoms with Gasteiger partial charge in [-0.1, -0.05) is 0 Å². The number of rotatable bonds is 2. The van der Waals surface area contributed by atoms with E-state index in [9.17, 15) is 14.4 Å². The molecule has 0 aromatic heterocycles. The van der Waals surface area contributed by atoms with Crippen LogP contribution < -0.4 is 5.32 Å². The number of nitrogens with one attached hydrogen (secondary N) is 1. The van der Waals surface area contributed by atoms with Gasteiger partial charge >= 0.3 is 12.0 Å². The molecule has 0 radical (unpaired) electrons. The number of carboxylic acid groups (broad SMARTS) is 1. The molecular formula is C11H17N3O4. The smallest absolute Gasteiger partial charge is 0.325 e. The number of nitrogens with zero attached hydrogens (tertiary/aromatic N) is 2. The zero-order chi connectivity index (χ0) is 13.3. The monoisotopic (exact) mass is 255 g/mol. The first-order chi connectivity index (χ1) is 8.49. The number of hydrogen-bond acceptors (Lipinski definition) is 3. The van der Waals surface area contributed by atoms with Gasteiger partial charge in [0.2, 0.25) is 5.91 Å². The molecule has 100 valence electrons. The van der Waals surface area contributed by atoms with Crippen molar-refractivity contribution >= 4 is 17.9 Å². The van der Waals surface area contributed by atoms with Gasteiger partial charge in [0.1, 0.15) is 6.04 Å². The molecule has 2 heterocycles. The van der Waals surface area contributed by atoms with Crippen LogP contribution in [0.15, 0.2) is 0 Å². The number of urea groups is 1. The Balaban J connectivity index is 1.90. The first-order valence-electron chi connectivity index (χ1n) is 6.06. The summed E-state index contributed by atoms with van der Waals surface area (Å²) in [4.78, 5) is 37.4. The van der Waals surface area contributed by atoms with Gasteiger partial charge in [-0.05, 0) is 13.3 Å². The normalized spacial score (nSPS) is 24.7. The third-order valence-corrected chi connectivity index (χ3v) is 3.49. The highest BCUT2D eigenvalue weighted by atomic mass is 16.4. The molecule has 0 bridgehead atoms. The van der Waals surface area contributed by atoms with Crippen LogP contribution in [0.5, 0.6) is 0 Å². The van der Waals surface area contributed by atoms with Crippen LogP contribution in [-0.2, 0) is 9.59 Å². The van der Waals surface area contributed by atoms with Crippen molar-refractivity contribution in [1.29, 1.82) is 0 Å². The van der Waals surface area contributed by atoms with Crippen LogP contribution in [0.25, 0.3) is 0 Å². The highest BCUT2D eigenvalue weighted by molar-refractivity contribution is 5.83. The van der Waals surface area contributed by atoms with E-state index in [-0.39, 0.29) is 18.0 Å². The van der Waals surface area contributed by atoms with E-state index in [1.807, 2.05) is 4.90 Å². The minimum Gasteiger partial charge on any atom is -0.480 e. The summed E-state index contributed by atoms with van der Waals surface area (Å²) in [6.07, 6.45) is 1.32. The van der Waals surface area contributed by atoms with E-state index in [4.69, 9.17) is 5.11 Å². The predicted molar refractivity (Wildman–Crippen MR) is 61.9 cm³/mol. The number of hydrogen-bond donors (Lipinski definition) is 2. The van der Waals surface area contributed by atoms with Crippen LogP contribution in [0.1, 0.15) is 19.8 Å². The van der Waals surface area contributed by atoms with Gasteiger partial charge in [-0.15, -0.1) is 0 Å². The zero-order valence-corrected chi connectivity index (χ0v) is 10.3. The molecule has 2 N–H and O–H groups in total. The molecule has 2 fully saturated rings. The lowest BCUT2D eigenvalue weighted by Crippen LogP contribution is -2.57. The molecule has 2 unspecified atom stereocenters. The lowest BCUT2D eigenvalue weighted by atomic mass is 10.1. The summed E-state index contributed by atoms with van der Waals surface area (Å²) >= 11 is 0. The Morgan fingerprint density at radius 1 is 1.44 bits per heavy atom. The standard InChI is InChI=1S/C11H17N3O4/c1-7(10(16)17)12-11(18)13-4-5-14-8(6-13)2-3-9(14)15/h7-8H,2-6H2,1H3,(H,12,18)(H,16,17). The molecule has 0 aromatic rings. The van der Waals surface area contributed by atoms with Crippen molar-refractivity contribution in [2.75, 3.05) is 19.6 Å². The maximum absolute atomic E-state index is 11.8. The van der Waals surface area contributed by atoms with E-state index in [1.54, 1.807) is 4.90 Å². The van der Waals surface area contributed by atoms with Crippen molar-refractivity contribution in [3.05, 3.63) is 0 Å². The summed E-state index contributed by atoms with van der Waals surface area (Å²) in [5, 5.41) is 11.2. The Labute approximate surface area is 105 Å². The fraction of sp³-hybridized carbons (Fsp3) is 0.727. The molecule has 7 nitrogen and oxygen atoms in total. The van der Waals surface area contributed by atoms with Gasteiger partial charge in [-0.25, -0.2) is 4.79 Å². The molecular weight excluding hydrogens is 238 g/mol. The number of carbonyl (C=O) groups is 3. The van der Waals surface area contributed by atoms with Gasteiger partial charge in [0.25, 0.3) is 0 Å². The van der Waals surface area contributed by atoms with Crippen LogP contribution in [0, 0.1) is 0 Å². The van der Waals surface area contributed by atoms with Crippen molar-refractivity contribution in [2.24, 2.45) is 0 Å². The zero-order valence-electron chi connectivity index (χ0n) is 10.3. The maximum atomic E-state index is 11.8. The number of carboxylic acids is 1. The molecule has 0 saturated carbocycles. The highest BCUT2D eigenvalue weighted by Gasteiger charge is 2.37. The molecule has 18 heavy (non-hydrogen) atoms. The Bertz CT molecular complexity index is 384. The van der Waals surface area contributed by atoms with E-state index < -0.39 is 12.0 Å². The molecule has 2 aliphatic heterocycles. The minimum atomic E-state index is -1.06. The van der Waals surface area contributed by atoms with Crippen molar-refractivity contribution in [3.8, 4) is 0 Å². The van der Waals surface area contributed by atoms with E-state index in [0.29, 0.717) is 26.1 Å². The minimum absolute atomic E-state index is 0.0946. The summed E-state index contributed by atoms with van der Waals surface area (Å²) in [5.74, 6) is -0.906. The second-order valence-electron chi connectivity index (χ2n) is 4.74. The molecule has 2 saturated heterocycles. The summed E-state index contributed by atoms with van der Waals surface area (Å²) < 4.78 is 0. The predicted octanol–water partition coefficient (Wildman–Crippen LogP) is -0.524. The lowest BCUT2D eigenvalue weighted by Gasteiger charge is -2.37. The summed E-state index contributed by atoms with van der Waals surface area (Å²) in [7, 11) is 0. The van der Waals surface area contributed by atoms with E-state index in [0.717, 1.165) is 6.42 Å². The van der Waals surface area contributed by atoms with E-state index >= 15 is 0 Å². The lowest BCUT2D eigenvalue weighted by molar-refractivity contribution is -0.138. The molecule has 3 amide bonds. The topological polar surface area (TPSA) is 90.0 Å². The van der Waals surface area contributed by atoms with Gasteiger partial charge in [-0.3, -0.25) is 9.59 Å². The molecule has 2 atom stereocenters. The first kappa shape index (κ1) is 12.7. The number of carbonyl (C=O) groups excluding carboxylic acids is 2. The van der Waals surface area contributed by atoms with Crippen molar-refractivity contribution in [2.45, 2.75) is 31.8 Å². The average molecular weight is 255 g/mol. The van der Waals surface area contributed by atoms with Crippen molar-refractivity contribution in [3.63, 3.8) is 0 Å². The quantitative estimate of drug-likeness (QED) is 0.694. The third-order valence-electron chi connectivity index (χ3n) is 3.49. The second-order valence-corrected chi connectivity index (χ2v) is 4.74. The van der Waals surface area contributed by atoms with Gasteiger partial charge in [-0.2, -0.15) is 0 Å². The number of fused-ring (bicyclic) bond motifs is 1. The van der Waals surface area contributed by atoms with Crippen LogP contribution in [0.3, 0.4) is 0 Å². The van der Waals surface area contributed by atoms with Crippen LogP contribution >= 0.6 is 0 Å². The second kappa shape index (κ2) is 4.83. The molecule has 0 aromatic carbocycles. The Kier molecular flexibility index (Phi) is 3.40. The van der Waals surface area contributed by atoms with Crippen molar-refractivity contribution in [1.82, 2.24) is 15.1 Å². The average Bonchev–Trinajstić information content (AvgIpc) is 2.70. The van der Waals surface area contributed by atoms with Crippen LogP contribution in [0.4, 0.5) is 4.79 Å².